The first-order valence-corrected chi connectivity index (χ1v) is 5.99. The van der Waals surface area contributed by atoms with Gasteiger partial charge in [0, 0.05) is 19.4 Å². The van der Waals surface area contributed by atoms with Gasteiger partial charge in [0.1, 0.15) is 17.0 Å². The van der Waals surface area contributed by atoms with Crippen LogP contribution in [0.4, 0.5) is 0 Å². The zero-order valence-corrected chi connectivity index (χ0v) is 11.6. The third-order valence-corrected chi connectivity index (χ3v) is 2.79. The van der Waals surface area contributed by atoms with E-state index < -0.39 is 5.97 Å². The van der Waals surface area contributed by atoms with Gasteiger partial charge in [-0.2, -0.15) is 5.10 Å². The topological polar surface area (TPSA) is 62.6 Å². The van der Waals surface area contributed by atoms with Crippen molar-refractivity contribution in [2.45, 2.75) is 6.61 Å². The van der Waals surface area contributed by atoms with E-state index in [1.165, 1.54) is 7.11 Å². The number of aromatic nitrogens is 2. The van der Waals surface area contributed by atoms with Crippen LogP contribution in [0.2, 0.25) is 0 Å². The second-order valence-electron chi connectivity index (χ2n) is 4.06. The Hall–Kier alpha value is -2.34. The van der Waals surface area contributed by atoms with E-state index in [-0.39, 0.29) is 6.61 Å². The molecular weight excluding hydrogens is 260 g/mol. The molecule has 2 aromatic rings. The molecule has 20 heavy (non-hydrogen) atoms. The van der Waals surface area contributed by atoms with Crippen LogP contribution < -0.4 is 4.74 Å². The van der Waals surface area contributed by atoms with Crippen LogP contribution >= 0.6 is 0 Å². The number of hydrogen-bond donors (Lipinski definition) is 0. The summed E-state index contributed by atoms with van der Waals surface area (Å²) in [5.74, 6) is 0.275. The lowest BCUT2D eigenvalue weighted by Gasteiger charge is -2.04. The van der Waals surface area contributed by atoms with Crippen molar-refractivity contribution in [3.63, 3.8) is 0 Å². The number of benzene rings is 1. The van der Waals surface area contributed by atoms with Crippen molar-refractivity contribution in [1.29, 1.82) is 0 Å². The highest BCUT2D eigenvalue weighted by molar-refractivity contribution is 5.90. The standard InChI is InChI=1S/C14H16N2O4/c1-18-9-13-12(14(17)20-3)8-16(15-13)10-5-4-6-11(7-10)19-2/h4-8H,9H2,1-3H3. The normalized spacial score (nSPS) is 10.3. The Labute approximate surface area is 116 Å². The number of hydrogen-bond acceptors (Lipinski definition) is 5. The van der Waals surface area contributed by atoms with Crippen LogP contribution in [0.25, 0.3) is 5.69 Å². The number of rotatable bonds is 5. The highest BCUT2D eigenvalue weighted by Crippen LogP contribution is 2.18. The van der Waals surface area contributed by atoms with Crippen molar-refractivity contribution in [3.8, 4) is 11.4 Å². The van der Waals surface area contributed by atoms with Crippen LogP contribution in [0.3, 0.4) is 0 Å². The fraction of sp³-hybridized carbons (Fsp3) is 0.286. The third-order valence-electron chi connectivity index (χ3n) is 2.79. The molecule has 1 aromatic heterocycles. The van der Waals surface area contributed by atoms with Crippen LogP contribution in [0.1, 0.15) is 16.1 Å². The minimum absolute atomic E-state index is 0.238. The minimum Gasteiger partial charge on any atom is -0.497 e. The maximum atomic E-state index is 11.7. The quantitative estimate of drug-likeness (QED) is 0.779. The number of carbonyl (C=O) groups is 1. The van der Waals surface area contributed by atoms with Crippen molar-refractivity contribution >= 4 is 5.97 Å². The fourth-order valence-electron chi connectivity index (χ4n) is 1.82. The molecule has 6 heteroatoms. The molecule has 0 N–H and O–H groups in total. The largest absolute Gasteiger partial charge is 0.497 e. The fourth-order valence-corrected chi connectivity index (χ4v) is 1.82. The molecule has 0 fully saturated rings. The van der Waals surface area contributed by atoms with E-state index in [0.717, 1.165) is 5.69 Å². The maximum Gasteiger partial charge on any atom is 0.341 e. The first-order chi connectivity index (χ1) is 9.69. The van der Waals surface area contributed by atoms with Crippen molar-refractivity contribution in [1.82, 2.24) is 9.78 Å². The van der Waals surface area contributed by atoms with E-state index in [4.69, 9.17) is 14.2 Å². The zero-order chi connectivity index (χ0) is 14.5. The summed E-state index contributed by atoms with van der Waals surface area (Å²) >= 11 is 0. The second kappa shape index (κ2) is 6.21. The number of methoxy groups -OCH3 is 3. The van der Waals surface area contributed by atoms with Crippen LogP contribution in [0, 0.1) is 0 Å². The highest BCUT2D eigenvalue weighted by Gasteiger charge is 2.17. The monoisotopic (exact) mass is 276 g/mol. The Morgan fingerprint density at radius 1 is 1.30 bits per heavy atom. The van der Waals surface area contributed by atoms with Crippen LogP contribution in [-0.4, -0.2) is 37.1 Å². The predicted molar refractivity (Wildman–Crippen MR) is 72.2 cm³/mol. The zero-order valence-electron chi connectivity index (χ0n) is 11.6. The van der Waals surface area contributed by atoms with Gasteiger partial charge in [-0.15, -0.1) is 0 Å². The smallest absolute Gasteiger partial charge is 0.341 e. The maximum absolute atomic E-state index is 11.7. The Morgan fingerprint density at radius 2 is 2.10 bits per heavy atom. The summed E-state index contributed by atoms with van der Waals surface area (Å²) in [7, 11) is 4.48. The van der Waals surface area contributed by atoms with Crippen molar-refractivity contribution in [3.05, 3.63) is 41.7 Å². The lowest BCUT2D eigenvalue weighted by Crippen LogP contribution is -2.04. The van der Waals surface area contributed by atoms with Gasteiger partial charge < -0.3 is 14.2 Å². The molecule has 0 bridgehead atoms. The molecular formula is C14H16N2O4. The van der Waals surface area contributed by atoms with Crippen molar-refractivity contribution < 1.29 is 19.0 Å². The lowest BCUT2D eigenvalue weighted by molar-refractivity contribution is 0.0596. The minimum atomic E-state index is -0.439. The Balaban J connectivity index is 2.43. The molecule has 0 aliphatic rings. The first-order valence-electron chi connectivity index (χ1n) is 5.99. The van der Waals surface area contributed by atoms with Gasteiger partial charge in [-0.25, -0.2) is 9.48 Å². The van der Waals surface area contributed by atoms with E-state index in [0.29, 0.717) is 17.0 Å². The van der Waals surface area contributed by atoms with Gasteiger partial charge in [0.15, 0.2) is 0 Å². The molecule has 0 amide bonds. The molecule has 0 saturated heterocycles. The van der Waals surface area contributed by atoms with E-state index in [2.05, 4.69) is 5.10 Å². The molecule has 0 unspecified atom stereocenters. The number of esters is 1. The Morgan fingerprint density at radius 3 is 2.75 bits per heavy atom. The highest BCUT2D eigenvalue weighted by atomic mass is 16.5. The summed E-state index contributed by atoms with van der Waals surface area (Å²) in [5, 5.41) is 4.35. The average molecular weight is 276 g/mol. The van der Waals surface area contributed by atoms with Crippen LogP contribution in [-0.2, 0) is 16.1 Å². The summed E-state index contributed by atoms with van der Waals surface area (Å²) in [5.41, 5.74) is 1.70. The SMILES string of the molecule is COCc1nn(-c2cccc(OC)c2)cc1C(=O)OC. The number of ether oxygens (including phenoxy) is 3. The second-order valence-corrected chi connectivity index (χ2v) is 4.06. The molecule has 1 heterocycles. The lowest BCUT2D eigenvalue weighted by atomic mass is 10.2. The molecule has 0 aliphatic heterocycles. The van der Waals surface area contributed by atoms with Crippen molar-refractivity contribution in [2.24, 2.45) is 0 Å². The Bertz CT molecular complexity index is 607. The Kier molecular flexibility index (Phi) is 4.37. The van der Waals surface area contributed by atoms with Gasteiger partial charge in [-0.3, -0.25) is 0 Å². The summed E-state index contributed by atoms with van der Waals surface area (Å²) in [4.78, 5) is 11.7. The molecule has 2 rings (SSSR count). The molecule has 0 atom stereocenters. The molecule has 0 radical (unpaired) electrons. The van der Waals surface area contributed by atoms with Crippen LogP contribution in [0.5, 0.6) is 5.75 Å². The molecule has 0 aliphatic carbocycles. The average Bonchev–Trinajstić information content (AvgIpc) is 2.91. The van der Waals surface area contributed by atoms with Crippen LogP contribution in [0.15, 0.2) is 30.5 Å². The van der Waals surface area contributed by atoms with Gasteiger partial charge in [-0.05, 0) is 12.1 Å². The molecule has 0 spiro atoms. The molecule has 6 nitrogen and oxygen atoms in total. The first kappa shape index (κ1) is 14.1. The summed E-state index contributed by atoms with van der Waals surface area (Å²) < 4.78 is 16.6. The van der Waals surface area contributed by atoms with E-state index >= 15 is 0 Å². The number of nitrogens with zero attached hydrogens (tertiary/aromatic N) is 2. The van der Waals surface area contributed by atoms with Crippen molar-refractivity contribution in [2.75, 3.05) is 21.3 Å². The predicted octanol–water partition coefficient (Wildman–Crippen LogP) is 1.81. The van der Waals surface area contributed by atoms with Gasteiger partial charge in [0.25, 0.3) is 0 Å². The van der Waals surface area contributed by atoms with E-state index in [9.17, 15) is 4.79 Å². The number of carbonyl (C=O) groups excluding carboxylic acids is 1. The van der Waals surface area contributed by atoms with Gasteiger partial charge >= 0.3 is 5.97 Å². The summed E-state index contributed by atoms with van der Waals surface area (Å²) in [6, 6.07) is 7.38. The summed E-state index contributed by atoms with van der Waals surface area (Å²) in [6.45, 7) is 0.238. The third kappa shape index (κ3) is 2.80. The molecule has 106 valence electrons. The van der Waals surface area contributed by atoms with Gasteiger partial charge in [-0.1, -0.05) is 6.07 Å². The van der Waals surface area contributed by atoms with E-state index in [1.54, 1.807) is 25.1 Å². The van der Waals surface area contributed by atoms with E-state index in [1.807, 2.05) is 24.3 Å². The van der Waals surface area contributed by atoms with Gasteiger partial charge in [0.05, 0.1) is 26.5 Å². The summed E-state index contributed by atoms with van der Waals surface area (Å²) in [6.07, 6.45) is 1.62. The van der Waals surface area contributed by atoms with Gasteiger partial charge in [0.2, 0.25) is 0 Å². The molecule has 1 aromatic carbocycles. The molecule has 0 saturated carbocycles.